The molecule has 1 heterocycles. The molecule has 22 heavy (non-hydrogen) atoms. The van der Waals surface area contributed by atoms with Crippen LogP contribution >= 0.6 is 0 Å². The lowest BCUT2D eigenvalue weighted by molar-refractivity contribution is 0.654. The number of aryl methyl sites for hydroxylation is 1. The Labute approximate surface area is 131 Å². The van der Waals surface area contributed by atoms with Gasteiger partial charge in [-0.1, -0.05) is 30.3 Å². The summed E-state index contributed by atoms with van der Waals surface area (Å²) in [7, 11) is 1.95. The van der Waals surface area contributed by atoms with Crippen molar-refractivity contribution in [2.24, 2.45) is 14.1 Å². The lowest BCUT2D eigenvalue weighted by Gasteiger charge is -2.09. The Bertz CT molecular complexity index is 778. The highest BCUT2D eigenvalue weighted by molar-refractivity contribution is 7.84. The van der Waals surface area contributed by atoms with Gasteiger partial charge in [-0.25, -0.2) is 4.79 Å². The summed E-state index contributed by atoms with van der Waals surface area (Å²) in [6.07, 6.45) is 1.69. The van der Waals surface area contributed by atoms with E-state index >= 15 is 0 Å². The van der Waals surface area contributed by atoms with Gasteiger partial charge in [-0.2, -0.15) is 0 Å². The van der Waals surface area contributed by atoms with Gasteiger partial charge in [0.2, 0.25) is 0 Å². The first-order valence-electron chi connectivity index (χ1n) is 7.14. The van der Waals surface area contributed by atoms with Crippen LogP contribution in [0.4, 0.5) is 0 Å². The molecule has 0 saturated heterocycles. The van der Waals surface area contributed by atoms with Crippen LogP contribution in [-0.2, 0) is 37.1 Å². The van der Waals surface area contributed by atoms with Crippen molar-refractivity contribution in [1.82, 2.24) is 9.13 Å². The van der Waals surface area contributed by atoms with Crippen LogP contribution in [0.1, 0.15) is 17.7 Å². The molecule has 118 valence electrons. The fraction of sp³-hybridized carbons (Fsp3) is 0.375. The summed E-state index contributed by atoms with van der Waals surface area (Å²) < 4.78 is 14.6. The van der Waals surface area contributed by atoms with Crippen LogP contribution in [0.3, 0.4) is 0 Å². The summed E-state index contributed by atoms with van der Waals surface area (Å²) in [4.78, 5) is 23.5. The predicted molar refractivity (Wildman–Crippen MR) is 88.4 cm³/mol. The maximum atomic E-state index is 12.1. The maximum Gasteiger partial charge on any atom is 0.330 e. The molecule has 0 aliphatic carbocycles. The molecule has 0 N–H and O–H groups in total. The second-order valence-corrected chi connectivity index (χ2v) is 6.83. The van der Waals surface area contributed by atoms with E-state index < -0.39 is 10.8 Å². The Balaban J connectivity index is 1.95. The average Bonchev–Trinajstić information content (AvgIpc) is 2.51. The van der Waals surface area contributed by atoms with Gasteiger partial charge in [0, 0.05) is 42.4 Å². The molecule has 1 aromatic carbocycles. The lowest BCUT2D eigenvalue weighted by atomic mass is 10.1. The Kier molecular flexibility index (Phi) is 5.49. The van der Waals surface area contributed by atoms with Gasteiger partial charge in [0.05, 0.1) is 5.75 Å². The number of rotatable bonds is 6. The number of benzene rings is 1. The van der Waals surface area contributed by atoms with E-state index in [1.807, 2.05) is 30.3 Å². The van der Waals surface area contributed by atoms with Gasteiger partial charge < -0.3 is 0 Å². The maximum absolute atomic E-state index is 12.1. The molecule has 2 rings (SSSR count). The van der Waals surface area contributed by atoms with E-state index in [2.05, 4.69) is 0 Å². The Morgan fingerprint density at radius 3 is 2.41 bits per heavy atom. The molecule has 0 spiro atoms. The first kappa shape index (κ1) is 16.4. The third kappa shape index (κ3) is 4.04. The Morgan fingerprint density at radius 1 is 1.05 bits per heavy atom. The molecule has 0 aliphatic rings. The quantitative estimate of drug-likeness (QED) is 0.797. The molecule has 1 atom stereocenters. The third-order valence-corrected chi connectivity index (χ3v) is 4.98. The van der Waals surface area contributed by atoms with E-state index in [1.54, 1.807) is 7.05 Å². The smallest absolute Gasteiger partial charge is 0.300 e. The van der Waals surface area contributed by atoms with E-state index in [4.69, 9.17) is 0 Å². The standard InChI is InChI=1S/C16H20N2O3S/c1-17-14(11-15(19)18(2)16(17)20)12-22(21)10-6-9-13-7-4-3-5-8-13/h3-5,7-8,11H,6,9-10,12H2,1-2H3/t22-/m1/s1. The predicted octanol–water partition coefficient (Wildman–Crippen LogP) is 0.966. The summed E-state index contributed by atoms with van der Waals surface area (Å²) in [5, 5.41) is 0. The zero-order valence-electron chi connectivity index (χ0n) is 12.8. The minimum Gasteiger partial charge on any atom is -0.300 e. The second-order valence-electron chi connectivity index (χ2n) is 5.25. The molecular weight excluding hydrogens is 300 g/mol. The molecule has 0 aliphatic heterocycles. The van der Waals surface area contributed by atoms with Gasteiger partial charge in [-0.3, -0.25) is 18.1 Å². The minimum absolute atomic E-state index is 0.233. The van der Waals surface area contributed by atoms with E-state index in [9.17, 15) is 13.8 Å². The number of aromatic nitrogens is 2. The molecular formula is C16H20N2O3S. The van der Waals surface area contributed by atoms with Crippen molar-refractivity contribution < 1.29 is 4.21 Å². The summed E-state index contributed by atoms with van der Waals surface area (Å²) in [5.41, 5.74) is 0.995. The molecule has 5 nitrogen and oxygen atoms in total. The Morgan fingerprint density at radius 2 is 1.73 bits per heavy atom. The van der Waals surface area contributed by atoms with Gasteiger partial charge in [-0.05, 0) is 18.4 Å². The van der Waals surface area contributed by atoms with Crippen LogP contribution in [0.5, 0.6) is 0 Å². The van der Waals surface area contributed by atoms with E-state index in [0.29, 0.717) is 11.4 Å². The van der Waals surface area contributed by atoms with Crippen molar-refractivity contribution in [3.8, 4) is 0 Å². The van der Waals surface area contributed by atoms with Crippen molar-refractivity contribution in [1.29, 1.82) is 0 Å². The Hall–Kier alpha value is -1.95. The zero-order valence-corrected chi connectivity index (χ0v) is 13.6. The summed E-state index contributed by atoms with van der Waals surface area (Å²) >= 11 is 0. The first-order chi connectivity index (χ1) is 10.5. The van der Waals surface area contributed by atoms with Gasteiger partial charge in [0.15, 0.2) is 0 Å². The van der Waals surface area contributed by atoms with E-state index in [0.717, 1.165) is 17.4 Å². The van der Waals surface area contributed by atoms with Crippen molar-refractivity contribution in [2.75, 3.05) is 5.75 Å². The fourth-order valence-corrected chi connectivity index (χ4v) is 3.45. The molecule has 0 fully saturated rings. The van der Waals surface area contributed by atoms with Crippen molar-refractivity contribution in [2.45, 2.75) is 18.6 Å². The molecule has 0 bridgehead atoms. The van der Waals surface area contributed by atoms with Gasteiger partial charge in [0.25, 0.3) is 5.56 Å². The average molecular weight is 320 g/mol. The zero-order chi connectivity index (χ0) is 16.1. The van der Waals surface area contributed by atoms with Gasteiger partial charge in [0.1, 0.15) is 0 Å². The first-order valence-corrected chi connectivity index (χ1v) is 8.62. The van der Waals surface area contributed by atoms with Crippen molar-refractivity contribution >= 4 is 10.8 Å². The van der Waals surface area contributed by atoms with E-state index in [1.165, 1.54) is 23.2 Å². The van der Waals surface area contributed by atoms with Crippen LogP contribution in [-0.4, -0.2) is 19.1 Å². The molecule has 6 heteroatoms. The van der Waals surface area contributed by atoms with Gasteiger partial charge in [-0.15, -0.1) is 0 Å². The van der Waals surface area contributed by atoms with Gasteiger partial charge >= 0.3 is 5.69 Å². The molecule has 0 amide bonds. The van der Waals surface area contributed by atoms with Crippen LogP contribution in [0, 0.1) is 0 Å². The molecule has 2 aromatic rings. The number of hydrogen-bond acceptors (Lipinski definition) is 3. The van der Waals surface area contributed by atoms with Crippen LogP contribution in [0.15, 0.2) is 46.0 Å². The number of nitrogens with zero attached hydrogens (tertiary/aromatic N) is 2. The lowest BCUT2D eigenvalue weighted by Crippen LogP contribution is -2.38. The molecule has 0 saturated carbocycles. The van der Waals surface area contributed by atoms with Crippen LogP contribution in [0.2, 0.25) is 0 Å². The summed E-state index contributed by atoms with van der Waals surface area (Å²) in [6, 6.07) is 11.4. The largest absolute Gasteiger partial charge is 0.330 e. The SMILES string of the molecule is Cn1c(C[S@](=O)CCCc2ccccc2)cc(=O)n(C)c1=O. The van der Waals surface area contributed by atoms with Crippen LogP contribution < -0.4 is 11.2 Å². The van der Waals surface area contributed by atoms with Crippen molar-refractivity contribution in [3.05, 3.63) is 68.5 Å². The molecule has 1 aromatic heterocycles. The van der Waals surface area contributed by atoms with Crippen LogP contribution in [0.25, 0.3) is 0 Å². The summed E-state index contributed by atoms with van der Waals surface area (Å²) in [6.45, 7) is 0. The highest BCUT2D eigenvalue weighted by atomic mass is 32.2. The molecule has 0 radical (unpaired) electrons. The minimum atomic E-state index is -1.09. The third-order valence-electron chi connectivity index (χ3n) is 3.61. The monoisotopic (exact) mass is 320 g/mol. The van der Waals surface area contributed by atoms with Crippen molar-refractivity contribution in [3.63, 3.8) is 0 Å². The van der Waals surface area contributed by atoms with E-state index in [-0.39, 0.29) is 17.0 Å². The fourth-order valence-electron chi connectivity index (χ4n) is 2.24. The summed E-state index contributed by atoms with van der Waals surface area (Å²) in [5.74, 6) is 0.787. The normalized spacial score (nSPS) is 12.3. The topological polar surface area (TPSA) is 61.1 Å². The highest BCUT2D eigenvalue weighted by Gasteiger charge is 2.09. The molecule has 0 unspecified atom stereocenters. The second kappa shape index (κ2) is 7.35. The highest BCUT2D eigenvalue weighted by Crippen LogP contribution is 2.05. The number of hydrogen-bond donors (Lipinski definition) is 0.